The highest BCUT2D eigenvalue weighted by atomic mass is 16.5. The van der Waals surface area contributed by atoms with Gasteiger partial charge in [0.1, 0.15) is 0 Å². The molecule has 0 radical (unpaired) electrons. The van der Waals surface area contributed by atoms with E-state index in [-0.39, 0.29) is 17.6 Å². The summed E-state index contributed by atoms with van der Waals surface area (Å²) >= 11 is 0. The molecule has 0 aliphatic rings. The Morgan fingerprint density at radius 1 is 1.14 bits per heavy atom. The van der Waals surface area contributed by atoms with Gasteiger partial charge in [-0.1, -0.05) is 20.8 Å². The Hall–Kier alpha value is -0.0800. The molecule has 1 N–H and O–H groups in total. The number of aliphatic hydroxyl groups is 1. The van der Waals surface area contributed by atoms with Crippen molar-refractivity contribution in [2.45, 2.75) is 53.1 Å². The highest BCUT2D eigenvalue weighted by molar-refractivity contribution is 4.80. The molecule has 2 heteroatoms. The first kappa shape index (κ1) is 13.9. The van der Waals surface area contributed by atoms with Crippen LogP contribution in [0.25, 0.3) is 0 Å². The van der Waals surface area contributed by atoms with Gasteiger partial charge in [0.2, 0.25) is 0 Å². The van der Waals surface area contributed by atoms with Crippen molar-refractivity contribution in [2.75, 3.05) is 13.7 Å². The van der Waals surface area contributed by atoms with Crippen LogP contribution in [0.3, 0.4) is 0 Å². The highest BCUT2D eigenvalue weighted by Gasteiger charge is 2.30. The second-order valence-corrected chi connectivity index (χ2v) is 5.43. The van der Waals surface area contributed by atoms with Gasteiger partial charge in [-0.15, -0.1) is 0 Å². The predicted molar refractivity (Wildman–Crippen MR) is 60.4 cm³/mol. The molecule has 0 spiro atoms. The van der Waals surface area contributed by atoms with Crippen LogP contribution in [-0.4, -0.2) is 24.4 Å². The van der Waals surface area contributed by atoms with E-state index < -0.39 is 0 Å². The number of rotatable bonds is 6. The first-order valence-corrected chi connectivity index (χ1v) is 5.43. The molecule has 0 saturated heterocycles. The number of hydrogen-bond acceptors (Lipinski definition) is 2. The third-order valence-corrected chi connectivity index (χ3v) is 3.61. The summed E-state index contributed by atoms with van der Waals surface area (Å²) in [5, 5.41) is 9.38. The molecule has 1 unspecified atom stereocenters. The smallest absolute Gasteiger partial charge is 0.0623 e. The summed E-state index contributed by atoms with van der Waals surface area (Å²) in [6, 6.07) is 0. The lowest BCUT2D eigenvalue weighted by atomic mass is 9.74. The maximum absolute atomic E-state index is 9.38. The Kier molecular flexibility index (Phi) is 5.10. The van der Waals surface area contributed by atoms with Gasteiger partial charge in [-0.25, -0.2) is 0 Å². The molecule has 0 rings (SSSR count). The third kappa shape index (κ3) is 3.97. The molecule has 0 fully saturated rings. The van der Waals surface area contributed by atoms with Crippen molar-refractivity contribution >= 4 is 0 Å². The molecule has 1 atom stereocenters. The first-order chi connectivity index (χ1) is 6.27. The SMILES string of the molecule is COC(C)(C)CCC(C)(CO)C(C)C. The fourth-order valence-corrected chi connectivity index (χ4v) is 1.24. The molecule has 0 amide bonds. The van der Waals surface area contributed by atoms with E-state index in [9.17, 15) is 5.11 Å². The fourth-order valence-electron chi connectivity index (χ4n) is 1.24. The average molecular weight is 202 g/mol. The van der Waals surface area contributed by atoms with Crippen molar-refractivity contribution in [3.63, 3.8) is 0 Å². The molecular formula is C12H26O2. The number of aliphatic hydroxyl groups excluding tert-OH is 1. The van der Waals surface area contributed by atoms with Gasteiger partial charge in [0.05, 0.1) is 5.60 Å². The quantitative estimate of drug-likeness (QED) is 0.717. The summed E-state index contributed by atoms with van der Waals surface area (Å²) in [6.45, 7) is 10.9. The van der Waals surface area contributed by atoms with Gasteiger partial charge in [0.25, 0.3) is 0 Å². The minimum atomic E-state index is -0.0781. The third-order valence-electron chi connectivity index (χ3n) is 3.61. The number of ether oxygens (including phenoxy) is 1. The lowest BCUT2D eigenvalue weighted by molar-refractivity contribution is -0.00887. The van der Waals surface area contributed by atoms with Crippen molar-refractivity contribution in [2.24, 2.45) is 11.3 Å². The average Bonchev–Trinajstić information content (AvgIpc) is 2.14. The van der Waals surface area contributed by atoms with Crippen LogP contribution in [0.15, 0.2) is 0 Å². The van der Waals surface area contributed by atoms with Gasteiger partial charge in [0, 0.05) is 13.7 Å². The van der Waals surface area contributed by atoms with E-state index in [1.165, 1.54) is 0 Å². The van der Waals surface area contributed by atoms with Crippen molar-refractivity contribution in [1.82, 2.24) is 0 Å². The highest BCUT2D eigenvalue weighted by Crippen LogP contribution is 2.34. The van der Waals surface area contributed by atoms with Crippen molar-refractivity contribution in [1.29, 1.82) is 0 Å². The zero-order valence-corrected chi connectivity index (χ0v) is 10.6. The summed E-state index contributed by atoms with van der Waals surface area (Å²) in [6.07, 6.45) is 1.99. The van der Waals surface area contributed by atoms with Gasteiger partial charge in [0.15, 0.2) is 0 Å². The van der Waals surface area contributed by atoms with Gasteiger partial charge in [-0.05, 0) is 38.0 Å². The van der Waals surface area contributed by atoms with Crippen molar-refractivity contribution < 1.29 is 9.84 Å². The number of methoxy groups -OCH3 is 1. The normalized spacial score (nSPS) is 17.1. The minimum Gasteiger partial charge on any atom is -0.396 e. The Morgan fingerprint density at radius 2 is 1.64 bits per heavy atom. The first-order valence-electron chi connectivity index (χ1n) is 5.43. The Morgan fingerprint density at radius 3 is 1.93 bits per heavy atom. The summed E-state index contributed by atoms with van der Waals surface area (Å²) in [5.41, 5.74) is -0.0544. The molecule has 0 aliphatic carbocycles. The lowest BCUT2D eigenvalue weighted by Gasteiger charge is -2.35. The van der Waals surface area contributed by atoms with E-state index in [1.807, 2.05) is 0 Å². The van der Waals surface area contributed by atoms with Crippen LogP contribution in [0.2, 0.25) is 0 Å². The van der Waals surface area contributed by atoms with Crippen LogP contribution in [0, 0.1) is 11.3 Å². The minimum absolute atomic E-state index is 0.0236. The molecule has 86 valence electrons. The summed E-state index contributed by atoms with van der Waals surface area (Å²) in [4.78, 5) is 0. The molecule has 14 heavy (non-hydrogen) atoms. The lowest BCUT2D eigenvalue weighted by Crippen LogP contribution is -2.32. The monoisotopic (exact) mass is 202 g/mol. The van der Waals surface area contributed by atoms with Crippen molar-refractivity contribution in [3.05, 3.63) is 0 Å². The fraction of sp³-hybridized carbons (Fsp3) is 1.00. The van der Waals surface area contributed by atoms with Gasteiger partial charge in [-0.2, -0.15) is 0 Å². The maximum Gasteiger partial charge on any atom is 0.0623 e. The standard InChI is InChI=1S/C12H26O2/c1-10(2)12(5,9-13)8-7-11(3,4)14-6/h10,13H,7-9H2,1-6H3. The summed E-state index contributed by atoms with van der Waals surface area (Å²) in [5.74, 6) is 0.500. The number of hydrogen-bond donors (Lipinski definition) is 1. The molecule has 0 aromatic carbocycles. The van der Waals surface area contributed by atoms with Crippen LogP contribution < -0.4 is 0 Å². The Bertz CT molecular complexity index is 164. The molecule has 0 aromatic rings. The summed E-state index contributed by atoms with van der Waals surface area (Å²) < 4.78 is 5.38. The Balaban J connectivity index is 4.21. The van der Waals surface area contributed by atoms with E-state index in [4.69, 9.17) is 4.74 Å². The van der Waals surface area contributed by atoms with Crippen LogP contribution in [0.4, 0.5) is 0 Å². The molecular weight excluding hydrogens is 176 g/mol. The van der Waals surface area contributed by atoms with E-state index in [0.29, 0.717) is 5.92 Å². The van der Waals surface area contributed by atoms with Crippen molar-refractivity contribution in [3.8, 4) is 0 Å². The summed E-state index contributed by atoms with van der Waals surface area (Å²) in [7, 11) is 1.74. The molecule has 0 heterocycles. The van der Waals surface area contributed by atoms with Crippen LogP contribution in [0.5, 0.6) is 0 Å². The molecule has 0 saturated carbocycles. The van der Waals surface area contributed by atoms with E-state index >= 15 is 0 Å². The Labute approximate surface area is 88.7 Å². The van der Waals surface area contributed by atoms with Crippen LogP contribution in [-0.2, 0) is 4.74 Å². The zero-order valence-electron chi connectivity index (χ0n) is 10.6. The zero-order chi connectivity index (χ0) is 11.4. The van der Waals surface area contributed by atoms with Crippen LogP contribution >= 0.6 is 0 Å². The van der Waals surface area contributed by atoms with E-state index in [1.54, 1.807) is 7.11 Å². The predicted octanol–water partition coefficient (Wildman–Crippen LogP) is 2.85. The van der Waals surface area contributed by atoms with Gasteiger partial charge in [-0.3, -0.25) is 0 Å². The second kappa shape index (κ2) is 5.13. The maximum atomic E-state index is 9.38. The molecule has 0 aliphatic heterocycles. The topological polar surface area (TPSA) is 29.5 Å². The van der Waals surface area contributed by atoms with Gasteiger partial charge >= 0.3 is 0 Å². The van der Waals surface area contributed by atoms with Crippen LogP contribution in [0.1, 0.15) is 47.5 Å². The second-order valence-electron chi connectivity index (χ2n) is 5.43. The molecule has 2 nitrogen and oxygen atoms in total. The van der Waals surface area contributed by atoms with Gasteiger partial charge < -0.3 is 9.84 Å². The molecule has 0 bridgehead atoms. The van der Waals surface area contributed by atoms with E-state index in [0.717, 1.165) is 12.8 Å². The van der Waals surface area contributed by atoms with E-state index in [2.05, 4.69) is 34.6 Å². The largest absolute Gasteiger partial charge is 0.396 e. The molecule has 0 aromatic heterocycles.